The maximum absolute atomic E-state index is 7.72. The molecule has 510 valence electrons. The third kappa shape index (κ3) is 12.9. The molecule has 0 saturated carbocycles. The summed E-state index contributed by atoms with van der Waals surface area (Å²) < 4.78 is 5.73. The third-order valence-corrected chi connectivity index (χ3v) is 18.6. The molecule has 8 bridgehead atoms. The minimum absolute atomic E-state index is 0. The molecule has 10 aromatic carbocycles. The van der Waals surface area contributed by atoms with Gasteiger partial charge >= 0.3 is 17.1 Å². The van der Waals surface area contributed by atoms with Gasteiger partial charge in [0.1, 0.15) is 0 Å². The fourth-order valence-corrected chi connectivity index (χ4v) is 14.0. The third-order valence-electron chi connectivity index (χ3n) is 18.6. The van der Waals surface area contributed by atoms with Crippen molar-refractivity contribution in [1.82, 2.24) is 54.6 Å². The van der Waals surface area contributed by atoms with Crippen molar-refractivity contribution in [1.29, 1.82) is 0 Å². The summed E-state index contributed by atoms with van der Waals surface area (Å²) in [6.45, 7) is 18.7. The van der Waals surface area contributed by atoms with Crippen molar-refractivity contribution in [3.05, 3.63) is 303 Å². The summed E-state index contributed by atoms with van der Waals surface area (Å²) in [7, 11) is 8.73. The van der Waals surface area contributed by atoms with E-state index in [-0.39, 0.29) is 37.2 Å². The predicted octanol–water partition coefficient (Wildman–Crippen LogP) is 19.0. The zero-order chi connectivity index (χ0) is 69.5. The Morgan fingerprint density at radius 3 is 1.20 bits per heavy atom. The largest absolute Gasteiger partial charge is 2.00 e. The topological polar surface area (TPSA) is 148 Å². The maximum atomic E-state index is 7.72. The van der Waals surface area contributed by atoms with E-state index in [1.165, 1.54) is 22.3 Å². The Bertz CT molecular complexity index is 5700. The van der Waals surface area contributed by atoms with Gasteiger partial charge in [0.15, 0.2) is 23.0 Å². The second kappa shape index (κ2) is 29.5. The zero-order valence-corrected chi connectivity index (χ0v) is 61.0. The van der Waals surface area contributed by atoms with E-state index < -0.39 is 0 Å². The van der Waals surface area contributed by atoms with E-state index in [0.717, 1.165) is 124 Å². The summed E-state index contributed by atoms with van der Waals surface area (Å²) in [6, 6.07) is 85.0. The fourth-order valence-electron chi connectivity index (χ4n) is 14.0. The Hall–Kier alpha value is -12.1. The molecule has 6 aromatic heterocycles. The van der Waals surface area contributed by atoms with Gasteiger partial charge in [-0.15, -0.1) is 41.0 Å². The van der Waals surface area contributed by atoms with E-state index >= 15 is 0 Å². The van der Waals surface area contributed by atoms with E-state index in [9.17, 15) is 0 Å². The Balaban J connectivity index is 0.000000134. The molecule has 2 aliphatic rings. The molecule has 0 unspecified atom stereocenters. The van der Waals surface area contributed by atoms with Gasteiger partial charge in [0.25, 0.3) is 0 Å². The summed E-state index contributed by atoms with van der Waals surface area (Å²) in [5.41, 5.74) is 19.8. The van der Waals surface area contributed by atoms with Crippen LogP contribution in [-0.2, 0) is 50.0 Å². The molecule has 0 N–H and O–H groups in total. The number of pyridine rings is 2. The van der Waals surface area contributed by atoms with Crippen LogP contribution < -0.4 is 19.1 Å². The molecule has 0 fully saturated rings. The van der Waals surface area contributed by atoms with Crippen molar-refractivity contribution in [2.75, 3.05) is 0 Å². The predicted molar refractivity (Wildman–Crippen MR) is 407 cm³/mol. The van der Waals surface area contributed by atoms with Gasteiger partial charge in [-0.2, -0.15) is 10.1 Å². The van der Waals surface area contributed by atoms with Gasteiger partial charge < -0.3 is 38.6 Å². The maximum Gasteiger partial charge on any atom is 2.00 e. The Morgan fingerprint density at radius 1 is 0.442 bits per heavy atom. The van der Waals surface area contributed by atoms with E-state index in [2.05, 4.69) is 164 Å². The van der Waals surface area contributed by atoms with Gasteiger partial charge in [0.05, 0.1) is 23.4 Å². The summed E-state index contributed by atoms with van der Waals surface area (Å²) >= 11 is 0. The number of fused-ring (bicyclic) bond motifs is 23. The first-order valence-electron chi connectivity index (χ1n) is 34.1. The van der Waals surface area contributed by atoms with Gasteiger partial charge in [-0.25, -0.2) is 4.85 Å². The zero-order valence-electron chi connectivity index (χ0n) is 57.6. The molecule has 0 aliphatic carbocycles. The molecule has 2 radical (unpaired) electrons. The number of hydrogen-bond donors (Lipinski definition) is 0. The molecule has 14 nitrogen and oxygen atoms in total. The van der Waals surface area contributed by atoms with E-state index in [4.69, 9.17) is 41.6 Å². The Kier molecular flexibility index (Phi) is 19.6. The van der Waals surface area contributed by atoms with E-state index in [1.54, 1.807) is 9.13 Å². The number of aromatic nitrogens is 13. The molecule has 2 aliphatic heterocycles. The standard InChI is InChI=1S/C34H20N8.C30H31N4.C24H16N2.Cu.Ir/c1-41-31-23-15-7-8-16-24(23)32(41)38-28-20-12-4-6-14-22(20)30(36-28)40-34-26-18-10-9-17-25(26)33(42(34)2)39-29-21-13-5-3-11-19(21)27(35-29)37-31;1-20(2)16-24-18-26(31-6)19-25(17-21(3)4)28(24)34-29(23-13-8-7-9-14-23)32-33-30(34)27-15-11-10-12-22(27)5;1-3-7-17(8-4-1)19-13-15-25-23-21(19)11-12-22-20(14-16-26-24(22)23)18-9-5-2-6-10-18;;/h3-18H,1-2H2;7-13,15,18-21H,16-17H2,1-5H3;1-16H;;/q-2;-1;;+2;. The van der Waals surface area contributed by atoms with Crippen LogP contribution in [0.1, 0.15) is 44.4 Å². The number of nitrogens with zero attached hydrogens (tertiary/aromatic N) is 14. The summed E-state index contributed by atoms with van der Waals surface area (Å²) in [5.74, 6) is 5.08. The van der Waals surface area contributed by atoms with Crippen molar-refractivity contribution in [2.24, 2.45) is 11.8 Å². The van der Waals surface area contributed by atoms with Crippen LogP contribution in [0.5, 0.6) is 0 Å². The molecular weight excluding hydrogens is 1510 g/mol. The number of hydrogen-bond acceptors (Lipinski definition) is 8. The van der Waals surface area contributed by atoms with E-state index in [0.29, 0.717) is 63.4 Å². The SMILES string of the molecule is [C-]#[N+]c1cc(CC(C)C)c(-n2c(-c3[c-]cccc3)nnc2-c2ccccc2C)c(CC(C)C)c1.[CH2-][n+]1c2nc3[n-]c(nc4[n+]([CH2-])c(nc5[n-]c(nc1-c1ccccc1-2)c1ccccc51)-c1ccccc1-4)c1ccccc31.[Cu+2].[Ir].c1ccc(-c2ccnc3c2ccc2c(-c4ccccc4)ccnc23)cc1. The van der Waals surface area contributed by atoms with Gasteiger partial charge in [-0.3, -0.25) is 9.97 Å². The summed E-state index contributed by atoms with van der Waals surface area (Å²) in [6.07, 6.45) is 5.49. The first-order valence-corrected chi connectivity index (χ1v) is 34.1. The van der Waals surface area contributed by atoms with Crippen LogP contribution in [0.4, 0.5) is 5.69 Å². The van der Waals surface area contributed by atoms with E-state index in [1.807, 2.05) is 170 Å². The Morgan fingerprint density at radius 2 is 0.817 bits per heavy atom. The molecule has 16 aromatic rings. The first-order chi connectivity index (χ1) is 50.0. The van der Waals surface area contributed by atoms with Crippen LogP contribution in [0.2, 0.25) is 0 Å². The number of aryl methyl sites for hydroxylation is 1. The number of rotatable bonds is 9. The molecule has 0 spiro atoms. The Labute approximate surface area is 627 Å². The van der Waals surface area contributed by atoms with Crippen LogP contribution in [0.25, 0.3) is 167 Å². The van der Waals surface area contributed by atoms with Crippen molar-refractivity contribution in [3.8, 4) is 96.3 Å². The van der Waals surface area contributed by atoms with Crippen LogP contribution in [0.3, 0.4) is 0 Å². The summed E-state index contributed by atoms with van der Waals surface area (Å²) in [4.78, 5) is 43.4. The first kappa shape index (κ1) is 69.0. The van der Waals surface area contributed by atoms with Gasteiger partial charge in [-0.1, -0.05) is 248 Å². The molecule has 18 rings (SSSR count). The molecule has 16 heteroatoms. The minimum atomic E-state index is 0. The van der Waals surface area contributed by atoms with Crippen LogP contribution in [0, 0.1) is 45.5 Å². The second-order valence-corrected chi connectivity index (χ2v) is 26.3. The quantitative estimate of drug-likeness (QED) is 0.0592. The van der Waals surface area contributed by atoms with Crippen LogP contribution in [-0.4, -0.2) is 44.7 Å². The van der Waals surface area contributed by atoms with Gasteiger partial charge in [0, 0.05) is 94.3 Å². The molecule has 0 saturated heterocycles. The smallest absolute Gasteiger partial charge is 0.419 e. The van der Waals surface area contributed by atoms with Crippen LogP contribution in [0.15, 0.2) is 255 Å². The molecule has 8 heterocycles. The molecular formula is C88H67CuIrN14-. The second-order valence-electron chi connectivity index (χ2n) is 26.3. The van der Waals surface area contributed by atoms with Crippen molar-refractivity contribution < 1.29 is 46.3 Å². The van der Waals surface area contributed by atoms with Crippen molar-refractivity contribution in [2.45, 2.75) is 47.5 Å². The molecule has 0 amide bonds. The average Bonchev–Trinajstić information content (AvgIpc) is 1.46. The summed E-state index contributed by atoms with van der Waals surface area (Å²) in [5, 5.41) is 15.2. The number of benzene rings is 10. The minimum Gasteiger partial charge on any atom is -0.419 e. The molecule has 0 atom stereocenters. The fraction of sp³-hybridized carbons (Fsp3) is 0.102. The molecule has 104 heavy (non-hydrogen) atoms. The van der Waals surface area contributed by atoms with Gasteiger partial charge in [-0.05, 0) is 121 Å². The average molecular weight is 1580 g/mol. The normalized spacial score (nSPS) is 11.3. The van der Waals surface area contributed by atoms with Gasteiger partial charge in [0.2, 0.25) is 0 Å². The van der Waals surface area contributed by atoms with Crippen molar-refractivity contribution >= 4 is 71.6 Å². The van der Waals surface area contributed by atoms with Crippen LogP contribution >= 0.6 is 0 Å². The monoisotopic (exact) mass is 1580 g/mol. The van der Waals surface area contributed by atoms with Crippen molar-refractivity contribution in [3.63, 3.8) is 0 Å².